The molecular formula is C16H22ClNO3. The zero-order chi connectivity index (χ0) is 16.4. The second kappa shape index (κ2) is 6.06. The van der Waals surface area contributed by atoms with Crippen molar-refractivity contribution in [1.82, 2.24) is 5.32 Å². The molecular weight excluding hydrogens is 290 g/mol. The Balaban J connectivity index is 3.37. The Kier molecular flexibility index (Phi) is 5.05. The molecule has 1 aromatic carbocycles. The number of hydrogen-bond acceptors (Lipinski definition) is 3. The van der Waals surface area contributed by atoms with Crippen LogP contribution >= 0.6 is 11.6 Å². The summed E-state index contributed by atoms with van der Waals surface area (Å²) in [5, 5.41) is 0.947. The smallest absolute Gasteiger partial charge is 0.409 e. The van der Waals surface area contributed by atoms with Gasteiger partial charge >= 0.3 is 11.5 Å². The first kappa shape index (κ1) is 17.5. The summed E-state index contributed by atoms with van der Waals surface area (Å²) in [5.41, 5.74) is 1.38. The number of ether oxygens (including phenoxy) is 1. The van der Waals surface area contributed by atoms with Crippen molar-refractivity contribution in [3.05, 3.63) is 29.3 Å². The molecule has 0 saturated carbocycles. The molecule has 1 N–H and O–H groups in total. The third-order valence-corrected chi connectivity index (χ3v) is 3.12. The highest BCUT2D eigenvalue weighted by atomic mass is 35.5. The van der Waals surface area contributed by atoms with Crippen molar-refractivity contribution in [2.24, 2.45) is 0 Å². The van der Waals surface area contributed by atoms with Crippen molar-refractivity contribution in [2.45, 2.75) is 52.4 Å². The van der Waals surface area contributed by atoms with Crippen LogP contribution in [0.5, 0.6) is 5.75 Å². The van der Waals surface area contributed by atoms with Gasteiger partial charge in [-0.25, -0.2) is 10.1 Å². The molecule has 2 amide bonds. The summed E-state index contributed by atoms with van der Waals surface area (Å²) >= 11 is 5.15. The predicted molar refractivity (Wildman–Crippen MR) is 84.3 cm³/mol. The van der Waals surface area contributed by atoms with Gasteiger partial charge in [0, 0.05) is 11.1 Å². The van der Waals surface area contributed by atoms with Crippen LogP contribution in [-0.4, -0.2) is 11.5 Å². The first-order valence-corrected chi connectivity index (χ1v) is 7.13. The Hall–Kier alpha value is -1.55. The standard InChI is InChI=1S/C16H22ClNO3/c1-15(2,3)10-8-7-9-11(16(4,5)6)12(10)21-14(20)18-13(17)19/h7-9H,1-6H3,(H,18,19,20). The number of carbonyl (C=O) groups is 2. The van der Waals surface area contributed by atoms with E-state index in [4.69, 9.17) is 16.3 Å². The largest absolute Gasteiger partial charge is 0.420 e. The van der Waals surface area contributed by atoms with Crippen LogP contribution in [0.15, 0.2) is 18.2 Å². The molecule has 116 valence electrons. The van der Waals surface area contributed by atoms with Crippen molar-refractivity contribution < 1.29 is 14.3 Å². The molecule has 0 aliphatic rings. The predicted octanol–water partition coefficient (Wildman–Crippen LogP) is 4.73. The van der Waals surface area contributed by atoms with Crippen LogP contribution in [-0.2, 0) is 10.8 Å². The number of rotatable bonds is 1. The van der Waals surface area contributed by atoms with Crippen LogP contribution in [0.2, 0.25) is 0 Å². The number of imide groups is 1. The molecule has 0 spiro atoms. The van der Waals surface area contributed by atoms with E-state index in [2.05, 4.69) is 0 Å². The number of benzene rings is 1. The minimum Gasteiger partial charge on any atom is -0.409 e. The minimum atomic E-state index is -0.967. The fourth-order valence-corrected chi connectivity index (χ4v) is 2.10. The van der Waals surface area contributed by atoms with E-state index in [9.17, 15) is 9.59 Å². The Labute approximate surface area is 130 Å². The quantitative estimate of drug-likeness (QED) is 0.602. The van der Waals surface area contributed by atoms with E-state index in [0.717, 1.165) is 11.1 Å². The monoisotopic (exact) mass is 311 g/mol. The average Bonchev–Trinajstić information content (AvgIpc) is 2.24. The lowest BCUT2D eigenvalue weighted by atomic mass is 9.79. The molecule has 0 saturated heterocycles. The molecule has 0 aliphatic heterocycles. The number of carbonyl (C=O) groups excluding carboxylic acids is 2. The minimum absolute atomic E-state index is 0.207. The molecule has 0 heterocycles. The first-order chi connectivity index (χ1) is 9.43. The normalized spacial score (nSPS) is 12.0. The summed E-state index contributed by atoms with van der Waals surface area (Å²) in [6.45, 7) is 12.2. The van der Waals surface area contributed by atoms with Gasteiger partial charge in [0.1, 0.15) is 5.75 Å². The topological polar surface area (TPSA) is 55.4 Å². The number of para-hydroxylation sites is 1. The van der Waals surface area contributed by atoms with Gasteiger partial charge in [0.25, 0.3) is 0 Å². The van der Waals surface area contributed by atoms with Crippen molar-refractivity contribution >= 4 is 23.1 Å². The van der Waals surface area contributed by atoms with Gasteiger partial charge in [0.2, 0.25) is 0 Å². The van der Waals surface area contributed by atoms with Crippen molar-refractivity contribution in [3.8, 4) is 5.75 Å². The molecule has 1 aromatic rings. The lowest BCUT2D eigenvalue weighted by Gasteiger charge is -2.28. The fourth-order valence-electron chi connectivity index (χ4n) is 2.03. The highest BCUT2D eigenvalue weighted by Gasteiger charge is 2.28. The number of amides is 2. The molecule has 0 aliphatic carbocycles. The van der Waals surface area contributed by atoms with Gasteiger partial charge in [-0.15, -0.1) is 0 Å². The van der Waals surface area contributed by atoms with Crippen LogP contribution < -0.4 is 10.1 Å². The third-order valence-electron chi connectivity index (χ3n) is 3.03. The molecule has 4 nitrogen and oxygen atoms in total. The second-order valence-corrected chi connectivity index (χ2v) is 7.31. The molecule has 0 fully saturated rings. The van der Waals surface area contributed by atoms with E-state index in [1.54, 1.807) is 0 Å². The summed E-state index contributed by atoms with van der Waals surface area (Å²) in [6.07, 6.45) is -0.878. The molecule has 1 rings (SSSR count). The van der Waals surface area contributed by atoms with Gasteiger partial charge in [-0.05, 0) is 22.4 Å². The molecule has 0 bridgehead atoms. The van der Waals surface area contributed by atoms with Crippen LogP contribution in [0.25, 0.3) is 0 Å². The van der Waals surface area contributed by atoms with Crippen molar-refractivity contribution in [2.75, 3.05) is 0 Å². The lowest BCUT2D eigenvalue weighted by molar-refractivity contribution is 0.199. The summed E-state index contributed by atoms with van der Waals surface area (Å²) in [5.74, 6) is 0.480. The van der Waals surface area contributed by atoms with Crippen LogP contribution in [0.4, 0.5) is 9.59 Å². The maximum Gasteiger partial charge on any atom is 0.420 e. The summed E-state index contributed by atoms with van der Waals surface area (Å²) in [7, 11) is 0. The van der Waals surface area contributed by atoms with E-state index in [-0.39, 0.29) is 10.8 Å². The molecule has 0 unspecified atom stereocenters. The number of nitrogens with one attached hydrogen (secondary N) is 1. The maximum absolute atomic E-state index is 11.7. The van der Waals surface area contributed by atoms with E-state index < -0.39 is 11.5 Å². The van der Waals surface area contributed by atoms with Crippen molar-refractivity contribution in [1.29, 1.82) is 0 Å². The van der Waals surface area contributed by atoms with Crippen molar-refractivity contribution in [3.63, 3.8) is 0 Å². The molecule has 21 heavy (non-hydrogen) atoms. The Bertz CT molecular complexity index is 521. The summed E-state index contributed by atoms with van der Waals surface area (Å²) in [4.78, 5) is 22.5. The van der Waals surface area contributed by atoms with E-state index in [1.807, 2.05) is 65.1 Å². The highest BCUT2D eigenvalue weighted by molar-refractivity contribution is 6.64. The number of hydrogen-bond donors (Lipinski definition) is 1. The Morgan fingerprint density at radius 3 is 1.76 bits per heavy atom. The van der Waals surface area contributed by atoms with Crippen LogP contribution in [0.1, 0.15) is 52.7 Å². The second-order valence-electron chi connectivity index (χ2n) is 6.97. The third kappa shape index (κ3) is 4.74. The van der Waals surface area contributed by atoms with Gasteiger partial charge in [-0.1, -0.05) is 59.7 Å². The van der Waals surface area contributed by atoms with Crippen LogP contribution in [0, 0.1) is 0 Å². The lowest BCUT2D eigenvalue weighted by Crippen LogP contribution is -2.31. The molecule has 0 radical (unpaired) electrons. The first-order valence-electron chi connectivity index (χ1n) is 6.75. The Morgan fingerprint density at radius 2 is 1.43 bits per heavy atom. The maximum atomic E-state index is 11.7. The Morgan fingerprint density at radius 1 is 1.00 bits per heavy atom. The van der Waals surface area contributed by atoms with E-state index >= 15 is 0 Å². The zero-order valence-electron chi connectivity index (χ0n) is 13.3. The molecule has 0 aromatic heterocycles. The van der Waals surface area contributed by atoms with Gasteiger partial charge in [-0.2, -0.15) is 0 Å². The highest BCUT2D eigenvalue weighted by Crippen LogP contribution is 2.39. The summed E-state index contributed by atoms with van der Waals surface area (Å²) < 4.78 is 5.39. The molecule has 5 heteroatoms. The van der Waals surface area contributed by atoms with Crippen LogP contribution in [0.3, 0.4) is 0 Å². The zero-order valence-corrected chi connectivity index (χ0v) is 14.1. The summed E-state index contributed by atoms with van der Waals surface area (Å²) in [6, 6.07) is 5.78. The van der Waals surface area contributed by atoms with E-state index in [1.165, 1.54) is 0 Å². The average molecular weight is 312 g/mol. The number of halogens is 1. The SMILES string of the molecule is CC(C)(C)c1cccc(C(C)(C)C)c1OC(=O)NC(=O)Cl. The van der Waals surface area contributed by atoms with Gasteiger partial charge in [0.05, 0.1) is 0 Å². The van der Waals surface area contributed by atoms with Gasteiger partial charge < -0.3 is 4.74 Å². The van der Waals surface area contributed by atoms with E-state index in [0.29, 0.717) is 5.75 Å². The van der Waals surface area contributed by atoms with Gasteiger partial charge in [0.15, 0.2) is 0 Å². The fraction of sp³-hybridized carbons (Fsp3) is 0.500. The molecule has 0 atom stereocenters. The van der Waals surface area contributed by atoms with Gasteiger partial charge in [-0.3, -0.25) is 4.79 Å².